The number of anilines is 1. The van der Waals surface area contributed by atoms with Crippen LogP contribution in [-0.2, 0) is 4.74 Å². The number of carbonyl (C=O) groups is 2. The smallest absolute Gasteiger partial charge is 0.412 e. The Morgan fingerprint density at radius 3 is 2.46 bits per heavy atom. The number of aryl methyl sites for hydroxylation is 1. The first-order valence-electron chi connectivity index (χ1n) is 8.67. The molecule has 2 rings (SSSR count). The summed E-state index contributed by atoms with van der Waals surface area (Å²) in [7, 11) is 5.98. The number of nitrogens with one attached hydrogen (secondary N) is 1. The Morgan fingerprint density at radius 1 is 1.29 bits per heavy atom. The van der Waals surface area contributed by atoms with Gasteiger partial charge in [0.05, 0.1) is 11.2 Å². The number of nitriles is 1. The Kier molecular flexibility index (Phi) is 6.16. The number of hydrogen-bond donors (Lipinski definition) is 1. The third-order valence-electron chi connectivity index (χ3n) is 3.81. The van der Waals surface area contributed by atoms with Crippen LogP contribution in [0, 0.1) is 18.3 Å². The van der Waals surface area contributed by atoms with Crippen molar-refractivity contribution in [2.75, 3.05) is 19.4 Å². The summed E-state index contributed by atoms with van der Waals surface area (Å²) in [4.78, 5) is 26.5. The predicted octanol–water partition coefficient (Wildman–Crippen LogP) is 4.09. The number of ketones is 1. The Morgan fingerprint density at radius 2 is 1.93 bits per heavy atom. The van der Waals surface area contributed by atoms with Crippen molar-refractivity contribution >= 4 is 37.9 Å². The summed E-state index contributed by atoms with van der Waals surface area (Å²) >= 11 is 0. The zero-order valence-electron chi connectivity index (χ0n) is 17.0. The number of fused-ring (bicyclic) bond motifs is 1. The maximum atomic E-state index is 12.8. The molecule has 0 saturated heterocycles. The van der Waals surface area contributed by atoms with Crippen LogP contribution in [0.1, 0.15) is 36.8 Å². The van der Waals surface area contributed by atoms with Gasteiger partial charge < -0.3 is 14.0 Å². The standard InChI is InChI=1S/C20H25N4O3P/c1-12-7-13-8-17(18(25)14(10-21)11-23(5)6)24(28)16(13)9-15(12)22-19(26)27-20(2,3)4/h7-9,11H,28H2,1-6H3,(H,22,26)/b14-11+. The first-order valence-corrected chi connectivity index (χ1v) is 9.19. The minimum absolute atomic E-state index is 0.0420. The minimum atomic E-state index is -0.602. The van der Waals surface area contributed by atoms with Crippen molar-refractivity contribution in [1.29, 1.82) is 5.26 Å². The lowest BCUT2D eigenvalue weighted by Crippen LogP contribution is -2.27. The van der Waals surface area contributed by atoms with Gasteiger partial charge in [-0.3, -0.25) is 10.1 Å². The van der Waals surface area contributed by atoms with E-state index in [0.717, 1.165) is 16.5 Å². The zero-order chi connectivity index (χ0) is 21.2. The molecule has 0 aliphatic carbocycles. The molecular formula is C20H25N4O3P. The second-order valence-corrected chi connectivity index (χ2v) is 8.22. The third-order valence-corrected chi connectivity index (χ3v) is 4.36. The summed E-state index contributed by atoms with van der Waals surface area (Å²) in [6, 6.07) is 7.33. The normalized spacial score (nSPS) is 11.9. The van der Waals surface area contributed by atoms with Crippen LogP contribution in [0.25, 0.3) is 10.9 Å². The molecule has 0 aliphatic heterocycles. The molecule has 0 radical (unpaired) electrons. The lowest BCUT2D eigenvalue weighted by molar-refractivity contribution is 0.0635. The summed E-state index contributed by atoms with van der Waals surface area (Å²) < 4.78 is 6.94. The number of allylic oxidation sites excluding steroid dienone is 1. The Labute approximate surface area is 167 Å². The number of nitrogens with zero attached hydrogens (tertiary/aromatic N) is 3. The number of ether oxygens (including phenoxy) is 1. The molecule has 1 atom stereocenters. The molecule has 148 valence electrons. The summed E-state index contributed by atoms with van der Waals surface area (Å²) in [6.07, 6.45) is 0.944. The summed E-state index contributed by atoms with van der Waals surface area (Å²) in [6.45, 7) is 7.24. The maximum Gasteiger partial charge on any atom is 0.412 e. The molecule has 1 aromatic heterocycles. The maximum absolute atomic E-state index is 12.8. The van der Waals surface area contributed by atoms with Crippen LogP contribution in [0.15, 0.2) is 30.0 Å². The van der Waals surface area contributed by atoms with Gasteiger partial charge >= 0.3 is 6.09 Å². The van der Waals surface area contributed by atoms with Crippen molar-refractivity contribution in [2.45, 2.75) is 33.3 Å². The van der Waals surface area contributed by atoms with Gasteiger partial charge in [-0.2, -0.15) is 5.26 Å². The van der Waals surface area contributed by atoms with Crippen molar-refractivity contribution in [1.82, 2.24) is 9.24 Å². The fourth-order valence-electron chi connectivity index (χ4n) is 2.65. The molecule has 28 heavy (non-hydrogen) atoms. The van der Waals surface area contributed by atoms with Gasteiger partial charge in [0.15, 0.2) is 0 Å². The van der Waals surface area contributed by atoms with Gasteiger partial charge in [0.2, 0.25) is 5.78 Å². The van der Waals surface area contributed by atoms with Gasteiger partial charge in [-0.25, -0.2) is 4.79 Å². The molecule has 8 heteroatoms. The van der Waals surface area contributed by atoms with E-state index in [4.69, 9.17) is 4.74 Å². The molecule has 1 N–H and O–H groups in total. The fourth-order valence-corrected chi connectivity index (χ4v) is 3.06. The van der Waals surface area contributed by atoms with Gasteiger partial charge in [0.1, 0.15) is 17.2 Å². The molecule has 0 aliphatic rings. The number of amides is 1. The van der Waals surface area contributed by atoms with Crippen molar-refractivity contribution in [2.24, 2.45) is 0 Å². The van der Waals surface area contributed by atoms with Crippen molar-refractivity contribution in [3.05, 3.63) is 41.2 Å². The van der Waals surface area contributed by atoms with Gasteiger partial charge in [0, 0.05) is 31.4 Å². The molecule has 0 saturated carbocycles. The first-order chi connectivity index (χ1) is 12.9. The topological polar surface area (TPSA) is 87.4 Å². The molecule has 1 heterocycles. The van der Waals surface area contributed by atoms with Crippen LogP contribution in [0.4, 0.5) is 10.5 Å². The van der Waals surface area contributed by atoms with E-state index >= 15 is 0 Å². The molecule has 1 aromatic carbocycles. The van der Waals surface area contributed by atoms with Crippen LogP contribution < -0.4 is 5.32 Å². The third kappa shape index (κ3) is 4.90. The highest BCUT2D eigenvalue weighted by atomic mass is 31.0. The highest BCUT2D eigenvalue weighted by molar-refractivity contribution is 7.15. The zero-order valence-corrected chi connectivity index (χ0v) is 18.1. The number of Topliss-reactive ketones (excluding diaryl/α,β-unsaturated/α-hetero) is 1. The van der Waals surface area contributed by atoms with Gasteiger partial charge in [-0.1, -0.05) is 0 Å². The molecular weight excluding hydrogens is 375 g/mol. The SMILES string of the molecule is Cc1cc2cc(C(=O)/C(C#N)=C/N(C)C)n(P)c2cc1NC(=O)OC(C)(C)C. The minimum Gasteiger partial charge on any atom is -0.444 e. The first kappa shape index (κ1) is 21.5. The van der Waals surface area contributed by atoms with E-state index < -0.39 is 11.7 Å². The van der Waals surface area contributed by atoms with Crippen LogP contribution >= 0.6 is 9.39 Å². The number of rotatable bonds is 4. The monoisotopic (exact) mass is 400 g/mol. The summed E-state index contributed by atoms with van der Waals surface area (Å²) in [5, 5.41) is 12.9. The molecule has 2 aromatic rings. The molecule has 7 nitrogen and oxygen atoms in total. The van der Waals surface area contributed by atoms with Crippen LogP contribution in [-0.4, -0.2) is 40.8 Å². The number of benzene rings is 1. The number of carbonyl (C=O) groups excluding carboxylic acids is 2. The van der Waals surface area contributed by atoms with Crippen LogP contribution in [0.2, 0.25) is 0 Å². The van der Waals surface area contributed by atoms with Crippen molar-refractivity contribution in [3.8, 4) is 6.07 Å². The predicted molar refractivity (Wildman–Crippen MR) is 113 cm³/mol. The average molecular weight is 400 g/mol. The van der Waals surface area contributed by atoms with E-state index in [-0.39, 0.29) is 11.4 Å². The molecule has 0 fully saturated rings. The van der Waals surface area contributed by atoms with Crippen LogP contribution in [0.5, 0.6) is 0 Å². The van der Waals surface area contributed by atoms with E-state index in [1.165, 1.54) is 6.20 Å². The lowest BCUT2D eigenvalue weighted by Gasteiger charge is -2.20. The summed E-state index contributed by atoms with van der Waals surface area (Å²) in [5.74, 6) is -0.373. The molecule has 0 bridgehead atoms. The Bertz CT molecular complexity index is 1010. The van der Waals surface area contributed by atoms with E-state index in [1.54, 1.807) is 56.2 Å². The average Bonchev–Trinajstić information content (AvgIpc) is 2.86. The second-order valence-electron chi connectivity index (χ2n) is 7.70. The van der Waals surface area contributed by atoms with Crippen molar-refractivity contribution in [3.63, 3.8) is 0 Å². The number of hydrogen-bond acceptors (Lipinski definition) is 5. The van der Waals surface area contributed by atoms with Gasteiger partial charge in [-0.15, -0.1) is 0 Å². The van der Waals surface area contributed by atoms with E-state index in [9.17, 15) is 14.9 Å². The Hall–Kier alpha value is -2.84. The second kappa shape index (κ2) is 8.04. The van der Waals surface area contributed by atoms with Gasteiger partial charge in [0.25, 0.3) is 0 Å². The van der Waals surface area contributed by atoms with E-state index in [0.29, 0.717) is 11.4 Å². The highest BCUT2D eigenvalue weighted by Crippen LogP contribution is 2.29. The molecule has 0 spiro atoms. The number of aromatic nitrogens is 1. The van der Waals surface area contributed by atoms with Crippen molar-refractivity contribution < 1.29 is 14.3 Å². The lowest BCUT2D eigenvalue weighted by atomic mass is 10.1. The quantitative estimate of drug-likeness (QED) is 0.362. The van der Waals surface area contributed by atoms with Crippen LogP contribution in [0.3, 0.4) is 0 Å². The molecule has 1 unspecified atom stereocenters. The van der Waals surface area contributed by atoms with Gasteiger partial charge in [-0.05, 0) is 60.8 Å². The van der Waals surface area contributed by atoms with E-state index in [2.05, 4.69) is 14.7 Å². The van der Waals surface area contributed by atoms with E-state index in [1.807, 2.05) is 19.1 Å². The Balaban J connectivity index is 2.45. The largest absolute Gasteiger partial charge is 0.444 e. The summed E-state index contributed by atoms with van der Waals surface area (Å²) in [5.41, 5.74) is 1.95. The fraction of sp³-hybridized carbons (Fsp3) is 0.350. The molecule has 1 amide bonds. The highest BCUT2D eigenvalue weighted by Gasteiger charge is 2.20.